The number of rotatable bonds is 6. The number of para-hydroxylation sites is 1. The van der Waals surface area contributed by atoms with E-state index in [1.807, 2.05) is 0 Å². The Hall–Kier alpha value is -4.05. The summed E-state index contributed by atoms with van der Waals surface area (Å²) in [6, 6.07) is 16.4. The highest BCUT2D eigenvalue weighted by atomic mass is 32.2. The van der Waals surface area contributed by atoms with Gasteiger partial charge in [0.05, 0.1) is 23.1 Å². The Labute approximate surface area is 182 Å². The quantitative estimate of drug-likeness (QED) is 0.457. The van der Waals surface area contributed by atoms with Gasteiger partial charge in [0.15, 0.2) is 0 Å². The van der Waals surface area contributed by atoms with E-state index < -0.39 is 27.6 Å². The molecule has 0 saturated heterocycles. The first-order valence-electron chi connectivity index (χ1n) is 9.30. The second kappa shape index (κ2) is 8.60. The SMILES string of the molecule is O=C(Nc1cccc(S(=O)(=O)Nc2ccccc2F)c1)c1cncn1-c1ccc(F)cc1. The van der Waals surface area contributed by atoms with E-state index in [-0.39, 0.29) is 22.0 Å². The van der Waals surface area contributed by atoms with E-state index in [2.05, 4.69) is 15.0 Å². The van der Waals surface area contributed by atoms with Crippen molar-refractivity contribution in [2.45, 2.75) is 4.90 Å². The molecular weight excluding hydrogens is 438 g/mol. The van der Waals surface area contributed by atoms with Crippen molar-refractivity contribution in [3.63, 3.8) is 0 Å². The number of sulfonamides is 1. The fourth-order valence-corrected chi connectivity index (χ4v) is 4.07. The van der Waals surface area contributed by atoms with Gasteiger partial charge in [-0.2, -0.15) is 0 Å². The molecule has 10 heteroatoms. The summed E-state index contributed by atoms with van der Waals surface area (Å²) in [6.45, 7) is 0. The second-order valence-electron chi connectivity index (χ2n) is 6.69. The molecule has 3 aromatic carbocycles. The van der Waals surface area contributed by atoms with Crippen LogP contribution in [-0.2, 0) is 10.0 Å². The molecule has 0 aliphatic heterocycles. The van der Waals surface area contributed by atoms with Crippen LogP contribution < -0.4 is 10.0 Å². The Morgan fingerprint density at radius 2 is 1.69 bits per heavy atom. The molecule has 0 spiro atoms. The van der Waals surface area contributed by atoms with Gasteiger partial charge < -0.3 is 5.32 Å². The number of hydrogen-bond donors (Lipinski definition) is 2. The molecule has 162 valence electrons. The maximum Gasteiger partial charge on any atom is 0.274 e. The van der Waals surface area contributed by atoms with Crippen LogP contribution >= 0.6 is 0 Å². The number of nitrogens with one attached hydrogen (secondary N) is 2. The van der Waals surface area contributed by atoms with Gasteiger partial charge in [0.25, 0.3) is 15.9 Å². The van der Waals surface area contributed by atoms with Gasteiger partial charge in [-0.05, 0) is 54.6 Å². The lowest BCUT2D eigenvalue weighted by atomic mass is 10.3. The van der Waals surface area contributed by atoms with Gasteiger partial charge in [-0.15, -0.1) is 0 Å². The summed E-state index contributed by atoms with van der Waals surface area (Å²) in [5.41, 5.74) is 0.706. The van der Waals surface area contributed by atoms with Gasteiger partial charge >= 0.3 is 0 Å². The lowest BCUT2D eigenvalue weighted by Crippen LogP contribution is -2.17. The highest BCUT2D eigenvalue weighted by molar-refractivity contribution is 7.92. The van der Waals surface area contributed by atoms with Crippen LogP contribution in [0.4, 0.5) is 20.2 Å². The van der Waals surface area contributed by atoms with Gasteiger partial charge in [-0.3, -0.25) is 14.1 Å². The van der Waals surface area contributed by atoms with E-state index in [1.54, 1.807) is 0 Å². The Bertz CT molecular complexity index is 1390. The molecule has 0 bridgehead atoms. The van der Waals surface area contributed by atoms with Crippen LogP contribution in [0.1, 0.15) is 10.5 Å². The molecule has 32 heavy (non-hydrogen) atoms. The number of nitrogens with zero attached hydrogens (tertiary/aromatic N) is 2. The number of benzene rings is 3. The van der Waals surface area contributed by atoms with Crippen molar-refractivity contribution in [2.75, 3.05) is 10.0 Å². The van der Waals surface area contributed by atoms with E-state index in [1.165, 1.54) is 83.8 Å². The van der Waals surface area contributed by atoms with Gasteiger partial charge in [0, 0.05) is 11.4 Å². The molecule has 0 aliphatic carbocycles. The average Bonchev–Trinajstić information content (AvgIpc) is 3.26. The Morgan fingerprint density at radius 3 is 2.44 bits per heavy atom. The molecule has 4 aromatic rings. The summed E-state index contributed by atoms with van der Waals surface area (Å²) in [7, 11) is -4.10. The first-order valence-corrected chi connectivity index (χ1v) is 10.8. The number of amides is 1. The number of carbonyl (C=O) groups excluding carboxylic acids is 1. The first-order chi connectivity index (χ1) is 15.3. The third-order valence-corrected chi connectivity index (χ3v) is 5.86. The third-order valence-electron chi connectivity index (χ3n) is 4.50. The van der Waals surface area contributed by atoms with E-state index in [9.17, 15) is 22.0 Å². The van der Waals surface area contributed by atoms with Crippen molar-refractivity contribution < 1.29 is 22.0 Å². The van der Waals surface area contributed by atoms with Crippen LogP contribution in [0.2, 0.25) is 0 Å². The smallest absolute Gasteiger partial charge is 0.274 e. The fraction of sp³-hybridized carbons (Fsp3) is 0. The zero-order chi connectivity index (χ0) is 22.7. The molecule has 0 aliphatic rings. The molecule has 1 heterocycles. The monoisotopic (exact) mass is 454 g/mol. The van der Waals surface area contributed by atoms with Crippen molar-refractivity contribution in [3.8, 4) is 5.69 Å². The summed E-state index contributed by atoms with van der Waals surface area (Å²) >= 11 is 0. The van der Waals surface area contributed by atoms with Gasteiger partial charge in [-0.1, -0.05) is 18.2 Å². The Kier molecular flexibility index (Phi) is 5.69. The van der Waals surface area contributed by atoms with Crippen molar-refractivity contribution in [1.29, 1.82) is 0 Å². The molecule has 4 rings (SSSR count). The van der Waals surface area contributed by atoms with Crippen LogP contribution in [-0.4, -0.2) is 23.9 Å². The normalized spacial score (nSPS) is 11.2. The summed E-state index contributed by atoms with van der Waals surface area (Å²) in [6.07, 6.45) is 2.74. The number of imidazole rings is 1. The molecule has 7 nitrogen and oxygen atoms in total. The molecule has 0 saturated carbocycles. The topological polar surface area (TPSA) is 93.1 Å². The van der Waals surface area contributed by atoms with Crippen LogP contribution in [0.15, 0.2) is 90.2 Å². The van der Waals surface area contributed by atoms with E-state index >= 15 is 0 Å². The number of hydrogen-bond acceptors (Lipinski definition) is 4. The maximum absolute atomic E-state index is 13.8. The van der Waals surface area contributed by atoms with Crippen molar-refractivity contribution in [3.05, 3.63) is 103 Å². The predicted octanol–water partition coefficient (Wildman–Crippen LogP) is 4.20. The Balaban J connectivity index is 1.56. The minimum absolute atomic E-state index is 0.161. The largest absolute Gasteiger partial charge is 0.321 e. The van der Waals surface area contributed by atoms with Gasteiger partial charge in [0.2, 0.25) is 0 Å². The third kappa shape index (κ3) is 4.49. The number of carbonyl (C=O) groups is 1. The van der Waals surface area contributed by atoms with Gasteiger partial charge in [-0.25, -0.2) is 22.2 Å². The van der Waals surface area contributed by atoms with Crippen LogP contribution in [0.5, 0.6) is 0 Å². The van der Waals surface area contributed by atoms with Crippen molar-refractivity contribution in [1.82, 2.24) is 9.55 Å². The summed E-state index contributed by atoms with van der Waals surface area (Å²) in [5.74, 6) is -1.68. The number of anilines is 2. The molecule has 0 fully saturated rings. The fourth-order valence-electron chi connectivity index (χ4n) is 2.95. The second-order valence-corrected chi connectivity index (χ2v) is 8.38. The van der Waals surface area contributed by atoms with Crippen molar-refractivity contribution in [2.24, 2.45) is 0 Å². The molecule has 2 N–H and O–H groups in total. The number of aromatic nitrogens is 2. The highest BCUT2D eigenvalue weighted by Gasteiger charge is 2.18. The van der Waals surface area contributed by atoms with E-state index in [4.69, 9.17) is 0 Å². The molecule has 0 atom stereocenters. The first kappa shape index (κ1) is 21.2. The number of halogens is 2. The van der Waals surface area contributed by atoms with E-state index in [0.29, 0.717) is 5.69 Å². The standard InChI is InChI=1S/C22H16F2N4O3S/c23-15-8-10-17(11-9-15)28-14-25-13-21(28)22(29)26-16-4-3-5-18(12-16)32(30,31)27-20-7-2-1-6-19(20)24/h1-14,27H,(H,26,29). The molecular formula is C22H16F2N4O3S. The van der Waals surface area contributed by atoms with Crippen LogP contribution in [0.25, 0.3) is 5.69 Å². The molecule has 0 radical (unpaired) electrons. The minimum atomic E-state index is -4.10. The predicted molar refractivity (Wildman–Crippen MR) is 115 cm³/mol. The average molecular weight is 454 g/mol. The lowest BCUT2D eigenvalue weighted by molar-refractivity contribution is 0.102. The zero-order valence-electron chi connectivity index (χ0n) is 16.4. The zero-order valence-corrected chi connectivity index (χ0v) is 17.2. The highest BCUT2D eigenvalue weighted by Crippen LogP contribution is 2.22. The molecule has 0 unspecified atom stereocenters. The van der Waals surface area contributed by atoms with Crippen LogP contribution in [0, 0.1) is 11.6 Å². The molecule has 1 amide bonds. The Morgan fingerprint density at radius 1 is 0.938 bits per heavy atom. The van der Waals surface area contributed by atoms with Gasteiger partial charge in [0.1, 0.15) is 17.3 Å². The minimum Gasteiger partial charge on any atom is -0.321 e. The van der Waals surface area contributed by atoms with Crippen molar-refractivity contribution >= 4 is 27.3 Å². The van der Waals surface area contributed by atoms with Crippen LogP contribution in [0.3, 0.4) is 0 Å². The summed E-state index contributed by atoms with van der Waals surface area (Å²) < 4.78 is 56.0. The molecule has 1 aromatic heterocycles. The maximum atomic E-state index is 13.8. The summed E-state index contributed by atoms with van der Waals surface area (Å²) in [4.78, 5) is 16.6. The van der Waals surface area contributed by atoms with E-state index in [0.717, 1.165) is 6.07 Å². The lowest BCUT2D eigenvalue weighted by Gasteiger charge is -2.12. The summed E-state index contributed by atoms with van der Waals surface area (Å²) in [5, 5.41) is 2.61.